The van der Waals surface area contributed by atoms with Crippen molar-refractivity contribution in [1.82, 2.24) is 5.43 Å². The van der Waals surface area contributed by atoms with Crippen LogP contribution in [0.2, 0.25) is 0 Å². The number of carbonyl (C=O) groups excluding carboxylic acids is 1. The Balaban J connectivity index is 1.58. The molecule has 160 valence electrons. The number of phenolic OH excluding ortho intramolecular Hbond substituents is 1. The molecule has 0 aromatic heterocycles. The standard InChI is InChI=1S/C23H21BrN2O5/c1-29-21-14-16(13-19(24)22(21)27)15-25-26-23(28)18-9-5-6-10-20(18)31-12-11-30-17-7-3-2-4-8-17/h2-10,13-15,27H,11-12H2,1H3,(H,26,28)/b25-15+. The Morgan fingerprint density at radius 1 is 1.03 bits per heavy atom. The van der Waals surface area contributed by atoms with Gasteiger partial charge in [0.25, 0.3) is 5.91 Å². The average Bonchev–Trinajstić information content (AvgIpc) is 2.79. The smallest absolute Gasteiger partial charge is 0.275 e. The summed E-state index contributed by atoms with van der Waals surface area (Å²) in [5, 5.41) is 13.8. The van der Waals surface area contributed by atoms with Gasteiger partial charge in [-0.2, -0.15) is 5.10 Å². The van der Waals surface area contributed by atoms with Crippen LogP contribution in [0.3, 0.4) is 0 Å². The minimum atomic E-state index is -0.416. The lowest BCUT2D eigenvalue weighted by molar-refractivity contribution is 0.0950. The van der Waals surface area contributed by atoms with Crippen LogP contribution in [-0.4, -0.2) is 37.6 Å². The maximum absolute atomic E-state index is 12.5. The van der Waals surface area contributed by atoms with Crippen molar-refractivity contribution in [2.75, 3.05) is 20.3 Å². The fourth-order valence-corrected chi connectivity index (χ4v) is 3.12. The largest absolute Gasteiger partial charge is 0.503 e. The predicted octanol–water partition coefficient (Wildman–Crippen LogP) is 4.39. The molecule has 3 rings (SSSR count). The van der Waals surface area contributed by atoms with Gasteiger partial charge in [0.1, 0.15) is 24.7 Å². The second kappa shape index (κ2) is 11.0. The van der Waals surface area contributed by atoms with Gasteiger partial charge >= 0.3 is 0 Å². The van der Waals surface area contributed by atoms with E-state index in [0.717, 1.165) is 5.75 Å². The number of hydrazone groups is 1. The van der Waals surface area contributed by atoms with Crippen molar-refractivity contribution in [2.24, 2.45) is 5.10 Å². The molecule has 0 saturated carbocycles. The summed E-state index contributed by atoms with van der Waals surface area (Å²) in [7, 11) is 1.45. The molecule has 0 atom stereocenters. The highest BCUT2D eigenvalue weighted by Crippen LogP contribution is 2.34. The summed E-state index contributed by atoms with van der Waals surface area (Å²) in [6.45, 7) is 0.624. The van der Waals surface area contributed by atoms with Crippen LogP contribution in [0.25, 0.3) is 0 Å². The zero-order valence-corrected chi connectivity index (χ0v) is 18.3. The molecule has 0 aliphatic rings. The third-order valence-electron chi connectivity index (χ3n) is 4.13. The van der Waals surface area contributed by atoms with Crippen LogP contribution in [-0.2, 0) is 0 Å². The van der Waals surface area contributed by atoms with Crippen molar-refractivity contribution >= 4 is 28.1 Å². The first kappa shape index (κ1) is 22.2. The maximum atomic E-state index is 12.5. The second-order valence-electron chi connectivity index (χ2n) is 6.26. The van der Waals surface area contributed by atoms with E-state index in [-0.39, 0.29) is 12.4 Å². The number of amides is 1. The number of hydrogen-bond acceptors (Lipinski definition) is 6. The van der Waals surface area contributed by atoms with Gasteiger partial charge in [0.05, 0.1) is 23.4 Å². The molecule has 2 N–H and O–H groups in total. The molecule has 1 amide bonds. The van der Waals surface area contributed by atoms with E-state index in [9.17, 15) is 9.90 Å². The third kappa shape index (κ3) is 6.23. The normalized spacial score (nSPS) is 10.6. The lowest BCUT2D eigenvalue weighted by atomic mass is 10.2. The van der Waals surface area contributed by atoms with Gasteiger partial charge in [-0.1, -0.05) is 30.3 Å². The maximum Gasteiger partial charge on any atom is 0.275 e. The number of aromatic hydroxyl groups is 1. The fraction of sp³-hybridized carbons (Fsp3) is 0.130. The summed E-state index contributed by atoms with van der Waals surface area (Å²) in [5.74, 6) is 1.05. The van der Waals surface area contributed by atoms with Crippen LogP contribution in [0.5, 0.6) is 23.0 Å². The predicted molar refractivity (Wildman–Crippen MR) is 121 cm³/mol. The van der Waals surface area contributed by atoms with Crippen LogP contribution < -0.4 is 19.6 Å². The van der Waals surface area contributed by atoms with Crippen molar-refractivity contribution < 1.29 is 24.1 Å². The van der Waals surface area contributed by atoms with Gasteiger partial charge in [-0.05, 0) is 57.9 Å². The molecule has 0 bridgehead atoms. The van der Waals surface area contributed by atoms with Gasteiger partial charge in [-0.25, -0.2) is 5.43 Å². The first-order valence-corrected chi connectivity index (χ1v) is 10.2. The molecule has 31 heavy (non-hydrogen) atoms. The Kier molecular flexibility index (Phi) is 7.89. The summed E-state index contributed by atoms with van der Waals surface area (Å²) in [5.41, 5.74) is 3.46. The number of nitrogens with one attached hydrogen (secondary N) is 1. The highest BCUT2D eigenvalue weighted by Gasteiger charge is 2.12. The van der Waals surface area contributed by atoms with Crippen LogP contribution in [0.1, 0.15) is 15.9 Å². The lowest BCUT2D eigenvalue weighted by Crippen LogP contribution is -2.19. The lowest BCUT2D eigenvalue weighted by Gasteiger charge is -2.11. The molecule has 7 nitrogen and oxygen atoms in total. The van der Waals surface area contributed by atoms with Gasteiger partial charge in [-0.3, -0.25) is 4.79 Å². The topological polar surface area (TPSA) is 89.4 Å². The molecule has 0 unspecified atom stereocenters. The van der Waals surface area contributed by atoms with E-state index >= 15 is 0 Å². The van der Waals surface area contributed by atoms with Gasteiger partial charge < -0.3 is 19.3 Å². The van der Waals surface area contributed by atoms with Crippen molar-refractivity contribution in [2.45, 2.75) is 0 Å². The Labute approximate surface area is 188 Å². The molecule has 0 heterocycles. The first-order chi connectivity index (χ1) is 15.1. The van der Waals surface area contributed by atoms with Gasteiger partial charge in [0, 0.05) is 0 Å². The number of rotatable bonds is 9. The number of ether oxygens (including phenoxy) is 3. The summed E-state index contributed by atoms with van der Waals surface area (Å²) in [4.78, 5) is 12.5. The number of carbonyl (C=O) groups is 1. The van der Waals surface area contributed by atoms with Crippen LogP contribution >= 0.6 is 15.9 Å². The van der Waals surface area contributed by atoms with E-state index in [1.165, 1.54) is 13.3 Å². The van der Waals surface area contributed by atoms with Gasteiger partial charge in [0.2, 0.25) is 0 Å². The number of nitrogens with zero attached hydrogens (tertiary/aromatic N) is 1. The Morgan fingerprint density at radius 2 is 1.74 bits per heavy atom. The van der Waals surface area contributed by atoms with Crippen molar-refractivity contribution in [3.8, 4) is 23.0 Å². The number of phenols is 1. The summed E-state index contributed by atoms with van der Waals surface area (Å²) in [6.07, 6.45) is 1.45. The second-order valence-corrected chi connectivity index (χ2v) is 7.11. The monoisotopic (exact) mass is 484 g/mol. The minimum absolute atomic E-state index is 0.00833. The Morgan fingerprint density at radius 3 is 2.52 bits per heavy atom. The van der Waals surface area contributed by atoms with Crippen molar-refractivity contribution in [3.05, 3.63) is 82.3 Å². The highest BCUT2D eigenvalue weighted by atomic mass is 79.9. The number of hydrogen-bond donors (Lipinski definition) is 2. The molecule has 3 aromatic rings. The zero-order chi connectivity index (χ0) is 22.1. The molecule has 0 spiro atoms. The molecular weight excluding hydrogens is 464 g/mol. The van der Waals surface area contributed by atoms with E-state index in [1.54, 1.807) is 36.4 Å². The molecule has 8 heteroatoms. The van der Waals surface area contributed by atoms with E-state index in [4.69, 9.17) is 14.2 Å². The Bertz CT molecular complexity index is 1060. The molecule has 0 fully saturated rings. The van der Waals surface area contributed by atoms with Crippen LogP contribution in [0, 0.1) is 0 Å². The zero-order valence-electron chi connectivity index (χ0n) is 16.7. The molecule has 0 saturated heterocycles. The van der Waals surface area contributed by atoms with Gasteiger partial charge in [-0.15, -0.1) is 0 Å². The minimum Gasteiger partial charge on any atom is -0.503 e. The first-order valence-electron chi connectivity index (χ1n) is 9.38. The van der Waals surface area contributed by atoms with E-state index in [2.05, 4.69) is 26.5 Å². The van der Waals surface area contributed by atoms with E-state index < -0.39 is 5.91 Å². The number of halogens is 1. The van der Waals surface area contributed by atoms with E-state index in [0.29, 0.717) is 33.7 Å². The van der Waals surface area contributed by atoms with Crippen molar-refractivity contribution in [3.63, 3.8) is 0 Å². The molecule has 0 aliphatic carbocycles. The third-order valence-corrected chi connectivity index (χ3v) is 4.74. The number of benzene rings is 3. The van der Waals surface area contributed by atoms with Crippen LogP contribution in [0.15, 0.2) is 76.3 Å². The number of para-hydroxylation sites is 2. The van der Waals surface area contributed by atoms with Gasteiger partial charge in [0.15, 0.2) is 11.5 Å². The molecular formula is C23H21BrN2O5. The van der Waals surface area contributed by atoms with Crippen molar-refractivity contribution in [1.29, 1.82) is 0 Å². The van der Waals surface area contributed by atoms with Crippen LogP contribution in [0.4, 0.5) is 0 Å². The fourth-order valence-electron chi connectivity index (χ4n) is 2.66. The Hall–Kier alpha value is -3.52. The number of methoxy groups -OCH3 is 1. The summed E-state index contributed by atoms with van der Waals surface area (Å²) >= 11 is 3.24. The summed E-state index contributed by atoms with van der Waals surface area (Å²) < 4.78 is 16.9. The highest BCUT2D eigenvalue weighted by molar-refractivity contribution is 9.10. The molecule has 3 aromatic carbocycles. The average molecular weight is 485 g/mol. The molecule has 0 radical (unpaired) electrons. The molecule has 0 aliphatic heterocycles. The van der Waals surface area contributed by atoms with E-state index in [1.807, 2.05) is 30.3 Å². The quantitative estimate of drug-likeness (QED) is 0.267. The SMILES string of the molecule is COc1cc(/C=N/NC(=O)c2ccccc2OCCOc2ccccc2)cc(Br)c1O. The summed E-state index contributed by atoms with van der Waals surface area (Å²) in [6, 6.07) is 19.6.